The Hall–Kier alpha value is -7.74. The van der Waals surface area contributed by atoms with Crippen molar-refractivity contribution in [3.63, 3.8) is 0 Å². The van der Waals surface area contributed by atoms with Gasteiger partial charge in [0.1, 0.15) is 0 Å². The van der Waals surface area contributed by atoms with E-state index in [1.807, 2.05) is 0 Å². The molecule has 0 radical (unpaired) electrons. The van der Waals surface area contributed by atoms with Gasteiger partial charge in [-0.3, -0.25) is 0 Å². The Balaban J connectivity index is 1.20. The van der Waals surface area contributed by atoms with Crippen molar-refractivity contribution in [2.24, 2.45) is 0 Å². The van der Waals surface area contributed by atoms with E-state index in [0.29, 0.717) is 0 Å². The third kappa shape index (κ3) is 6.83. The zero-order chi connectivity index (χ0) is 42.5. The first-order valence-corrected chi connectivity index (χ1v) is 22.0. The average molecular weight is 806 g/mol. The molecule has 0 saturated carbocycles. The molecule has 11 rings (SSSR count). The summed E-state index contributed by atoms with van der Waals surface area (Å²) >= 11 is 0. The fourth-order valence-corrected chi connectivity index (χ4v) is 9.70. The van der Waals surface area contributed by atoms with Crippen LogP contribution >= 0.6 is 0 Å². The third-order valence-corrected chi connectivity index (χ3v) is 12.8. The van der Waals surface area contributed by atoms with Crippen molar-refractivity contribution in [2.45, 2.75) is 26.2 Å². The molecule has 0 amide bonds. The van der Waals surface area contributed by atoms with E-state index >= 15 is 0 Å². The van der Waals surface area contributed by atoms with Gasteiger partial charge in [-0.1, -0.05) is 209 Å². The maximum Gasteiger partial charge on any atom is 0.0468 e. The first kappa shape index (κ1) is 38.2. The number of anilines is 3. The van der Waals surface area contributed by atoms with Gasteiger partial charge in [0.15, 0.2) is 0 Å². The molecule has 11 aromatic rings. The van der Waals surface area contributed by atoms with Crippen molar-refractivity contribution in [1.82, 2.24) is 0 Å². The van der Waals surface area contributed by atoms with Gasteiger partial charge in [-0.15, -0.1) is 0 Å². The van der Waals surface area contributed by atoms with Crippen molar-refractivity contribution in [3.05, 3.63) is 236 Å². The van der Waals surface area contributed by atoms with Crippen molar-refractivity contribution < 1.29 is 0 Å². The van der Waals surface area contributed by atoms with Gasteiger partial charge in [-0.25, -0.2) is 0 Å². The van der Waals surface area contributed by atoms with Crippen LogP contribution in [-0.2, 0) is 5.41 Å². The second-order valence-corrected chi connectivity index (χ2v) is 17.7. The molecule has 0 unspecified atom stereocenters. The lowest BCUT2D eigenvalue weighted by atomic mass is 9.81. The Labute approximate surface area is 370 Å². The van der Waals surface area contributed by atoms with Crippen LogP contribution in [0.15, 0.2) is 231 Å². The molecule has 0 aliphatic rings. The fraction of sp³-hybridized carbons (Fsp3) is 0.0645. The number of benzene rings is 11. The number of hydrogen-bond acceptors (Lipinski definition) is 1. The lowest BCUT2D eigenvalue weighted by Gasteiger charge is -2.28. The van der Waals surface area contributed by atoms with Crippen LogP contribution in [0.5, 0.6) is 0 Å². The number of fused-ring (bicyclic) bond motifs is 7. The first-order valence-electron chi connectivity index (χ1n) is 22.0. The molecule has 0 aliphatic heterocycles. The first-order chi connectivity index (χ1) is 30.9. The van der Waals surface area contributed by atoms with Crippen LogP contribution in [0.4, 0.5) is 17.1 Å². The second kappa shape index (κ2) is 15.6. The van der Waals surface area contributed by atoms with E-state index in [4.69, 9.17) is 0 Å². The number of nitrogens with zero attached hydrogens (tertiary/aromatic N) is 1. The minimum Gasteiger partial charge on any atom is -0.310 e. The standard InChI is InChI=1S/C62H47N/c1-62(2,3)47-32-36-49(37-33-47)63(48-34-30-45(31-35-48)52-29-17-25-42-22-13-14-26-51(42)52)50-38-39-55-58(40-50)53-27-15-16-28-54(53)60-57(44-20-9-5-10-21-44)41-56(43-18-7-4-8-19-43)59(61(55)60)46-23-11-6-12-24-46/h4-41H,1-3H3. The summed E-state index contributed by atoms with van der Waals surface area (Å²) in [7, 11) is 0. The molecule has 0 aromatic heterocycles. The number of hydrogen-bond donors (Lipinski definition) is 0. The lowest BCUT2D eigenvalue weighted by molar-refractivity contribution is 0.590. The molecule has 0 saturated heterocycles. The molecular weight excluding hydrogens is 759 g/mol. The SMILES string of the molecule is CC(C)(C)c1ccc(N(c2ccc(-c3cccc4ccccc34)cc2)c2ccc3c(c2)c2ccccc2c2c(-c4ccccc4)cc(-c4ccccc4)c(-c4ccccc4)c32)cc1. The average Bonchev–Trinajstić information content (AvgIpc) is 3.34. The molecule has 11 aromatic carbocycles. The van der Waals surface area contributed by atoms with E-state index in [1.165, 1.54) is 93.2 Å². The van der Waals surface area contributed by atoms with Crippen LogP contribution in [0.3, 0.4) is 0 Å². The maximum absolute atomic E-state index is 2.44. The molecule has 0 aliphatic carbocycles. The Kier molecular flexibility index (Phi) is 9.47. The third-order valence-electron chi connectivity index (χ3n) is 12.8. The van der Waals surface area contributed by atoms with Crippen molar-refractivity contribution in [1.29, 1.82) is 0 Å². The van der Waals surface area contributed by atoms with Gasteiger partial charge in [0.2, 0.25) is 0 Å². The summed E-state index contributed by atoms with van der Waals surface area (Å²) in [4.78, 5) is 2.42. The molecule has 0 heterocycles. The molecule has 1 heteroatoms. The van der Waals surface area contributed by atoms with Gasteiger partial charge >= 0.3 is 0 Å². The monoisotopic (exact) mass is 805 g/mol. The fourth-order valence-electron chi connectivity index (χ4n) is 9.70. The highest BCUT2D eigenvalue weighted by molar-refractivity contribution is 6.33. The summed E-state index contributed by atoms with van der Waals surface area (Å²) in [6.45, 7) is 6.84. The highest BCUT2D eigenvalue weighted by Crippen LogP contribution is 2.50. The summed E-state index contributed by atoms with van der Waals surface area (Å²) in [5.74, 6) is 0. The molecule has 0 fully saturated rings. The van der Waals surface area contributed by atoms with E-state index < -0.39 is 0 Å². The topological polar surface area (TPSA) is 3.24 Å². The molecule has 63 heavy (non-hydrogen) atoms. The summed E-state index contributed by atoms with van der Waals surface area (Å²) in [5, 5.41) is 9.98. The smallest absolute Gasteiger partial charge is 0.0468 e. The van der Waals surface area contributed by atoms with E-state index in [-0.39, 0.29) is 5.41 Å². The van der Waals surface area contributed by atoms with Gasteiger partial charge in [0.05, 0.1) is 0 Å². The van der Waals surface area contributed by atoms with Gasteiger partial charge in [0.25, 0.3) is 0 Å². The van der Waals surface area contributed by atoms with Gasteiger partial charge in [-0.2, -0.15) is 0 Å². The molecule has 0 atom stereocenters. The van der Waals surface area contributed by atoms with Gasteiger partial charge in [0, 0.05) is 17.1 Å². The maximum atomic E-state index is 2.44. The van der Waals surface area contributed by atoms with Crippen molar-refractivity contribution in [3.8, 4) is 44.5 Å². The molecule has 0 bridgehead atoms. The largest absolute Gasteiger partial charge is 0.310 e. The molecule has 0 spiro atoms. The Morgan fingerprint density at radius 2 is 0.794 bits per heavy atom. The normalized spacial score (nSPS) is 11.7. The summed E-state index contributed by atoms with van der Waals surface area (Å²) in [5.41, 5.74) is 14.4. The minimum atomic E-state index is 0.0417. The molecular formula is C62H47N. The van der Waals surface area contributed by atoms with Crippen LogP contribution in [0, 0.1) is 0 Å². The Morgan fingerprint density at radius 1 is 0.302 bits per heavy atom. The number of rotatable bonds is 7. The van der Waals surface area contributed by atoms with Crippen molar-refractivity contribution >= 4 is 60.2 Å². The molecule has 0 N–H and O–H groups in total. The van der Waals surface area contributed by atoms with Gasteiger partial charge < -0.3 is 4.90 Å². The van der Waals surface area contributed by atoms with Crippen LogP contribution in [0.2, 0.25) is 0 Å². The lowest BCUT2D eigenvalue weighted by Crippen LogP contribution is -2.13. The quantitative estimate of drug-likeness (QED) is 0.145. The van der Waals surface area contributed by atoms with Crippen molar-refractivity contribution in [2.75, 3.05) is 4.90 Å². The van der Waals surface area contributed by atoms with E-state index in [9.17, 15) is 0 Å². The minimum absolute atomic E-state index is 0.0417. The van der Waals surface area contributed by atoms with Crippen LogP contribution in [0.1, 0.15) is 26.3 Å². The predicted molar refractivity (Wildman–Crippen MR) is 272 cm³/mol. The highest BCUT2D eigenvalue weighted by Gasteiger charge is 2.23. The van der Waals surface area contributed by atoms with Crippen LogP contribution in [0.25, 0.3) is 87.6 Å². The van der Waals surface area contributed by atoms with E-state index in [0.717, 1.165) is 17.1 Å². The summed E-state index contributed by atoms with van der Waals surface area (Å²) in [6.07, 6.45) is 0. The molecule has 1 nitrogen and oxygen atoms in total. The van der Waals surface area contributed by atoms with Gasteiger partial charge in [-0.05, 0) is 141 Å². The van der Waals surface area contributed by atoms with E-state index in [1.54, 1.807) is 0 Å². The van der Waals surface area contributed by atoms with Crippen LogP contribution < -0.4 is 4.90 Å². The molecule has 300 valence electrons. The van der Waals surface area contributed by atoms with Crippen LogP contribution in [-0.4, -0.2) is 0 Å². The summed E-state index contributed by atoms with van der Waals surface area (Å²) in [6, 6.07) is 84.9. The Bertz CT molecular complexity index is 3430. The predicted octanol–water partition coefficient (Wildman–Crippen LogP) is 17.7. The zero-order valence-corrected chi connectivity index (χ0v) is 35.9. The Morgan fingerprint density at radius 3 is 1.44 bits per heavy atom. The zero-order valence-electron chi connectivity index (χ0n) is 35.9. The second-order valence-electron chi connectivity index (χ2n) is 17.7. The highest BCUT2D eigenvalue weighted by atomic mass is 15.1. The summed E-state index contributed by atoms with van der Waals surface area (Å²) < 4.78 is 0. The van der Waals surface area contributed by atoms with E-state index in [2.05, 4.69) is 256 Å².